The smallest absolute Gasteiger partial charge is 0.319 e. The topological polar surface area (TPSA) is 78.4 Å². The number of carbonyl (C=O) groups excluding carboxylic acids is 1. The molecule has 0 aliphatic heterocycles. The standard InChI is InChI=1S/C12H12F4N2O3/c1-5(2-3-8(19)20)17-12(21)18-11-9(15)6(13)4-7(14)10(11)16/h4-5H,2-3H2,1H3,(H,19,20)(H2,17,18,21). The number of anilines is 1. The average molecular weight is 308 g/mol. The lowest BCUT2D eigenvalue weighted by Crippen LogP contribution is -2.37. The van der Waals surface area contributed by atoms with Crippen LogP contribution >= 0.6 is 0 Å². The SMILES string of the molecule is CC(CCC(=O)O)NC(=O)Nc1c(F)c(F)cc(F)c1F. The molecule has 0 aliphatic carbocycles. The molecular weight excluding hydrogens is 296 g/mol. The second-order valence-electron chi connectivity index (χ2n) is 4.28. The van der Waals surface area contributed by atoms with E-state index in [2.05, 4.69) is 5.32 Å². The molecule has 21 heavy (non-hydrogen) atoms. The molecule has 116 valence electrons. The molecule has 0 saturated carbocycles. The van der Waals surface area contributed by atoms with Gasteiger partial charge < -0.3 is 15.7 Å². The Labute approximate surface area is 117 Å². The van der Waals surface area contributed by atoms with E-state index in [4.69, 9.17) is 5.11 Å². The summed E-state index contributed by atoms with van der Waals surface area (Å²) in [5.74, 6) is -7.84. The van der Waals surface area contributed by atoms with Crippen LogP contribution in [0.4, 0.5) is 28.0 Å². The molecule has 0 aromatic heterocycles. The van der Waals surface area contributed by atoms with Crippen LogP contribution in [0.15, 0.2) is 6.07 Å². The minimum Gasteiger partial charge on any atom is -0.481 e. The lowest BCUT2D eigenvalue weighted by atomic mass is 10.2. The molecule has 0 radical (unpaired) electrons. The van der Waals surface area contributed by atoms with Crippen molar-refractivity contribution in [3.8, 4) is 0 Å². The van der Waals surface area contributed by atoms with Crippen molar-refractivity contribution in [3.05, 3.63) is 29.3 Å². The zero-order valence-corrected chi connectivity index (χ0v) is 10.8. The van der Waals surface area contributed by atoms with Crippen LogP contribution in [0.25, 0.3) is 0 Å². The summed E-state index contributed by atoms with van der Waals surface area (Å²) in [5, 5.41) is 12.3. The van der Waals surface area contributed by atoms with Gasteiger partial charge >= 0.3 is 12.0 Å². The van der Waals surface area contributed by atoms with Crippen molar-refractivity contribution in [2.45, 2.75) is 25.8 Å². The summed E-state index contributed by atoms with van der Waals surface area (Å²) in [7, 11) is 0. The lowest BCUT2D eigenvalue weighted by molar-refractivity contribution is -0.137. The third kappa shape index (κ3) is 4.62. The number of hydrogen-bond donors (Lipinski definition) is 3. The maximum atomic E-state index is 13.3. The van der Waals surface area contributed by atoms with Crippen LogP contribution < -0.4 is 10.6 Å². The van der Waals surface area contributed by atoms with Gasteiger partial charge in [0.05, 0.1) is 0 Å². The van der Waals surface area contributed by atoms with E-state index in [0.29, 0.717) is 0 Å². The van der Waals surface area contributed by atoms with Gasteiger partial charge in [-0.3, -0.25) is 4.79 Å². The molecular formula is C12H12F4N2O3. The fourth-order valence-electron chi connectivity index (χ4n) is 1.47. The number of aliphatic carboxylic acids is 1. The van der Waals surface area contributed by atoms with E-state index < -0.39 is 47.0 Å². The summed E-state index contributed by atoms with van der Waals surface area (Å²) in [6.07, 6.45) is -0.149. The number of benzene rings is 1. The van der Waals surface area contributed by atoms with Crippen molar-refractivity contribution in [2.75, 3.05) is 5.32 Å². The number of amides is 2. The van der Waals surface area contributed by atoms with Gasteiger partial charge in [-0.05, 0) is 13.3 Å². The Balaban J connectivity index is 2.73. The molecule has 0 bridgehead atoms. The van der Waals surface area contributed by atoms with Crippen molar-refractivity contribution >= 4 is 17.7 Å². The summed E-state index contributed by atoms with van der Waals surface area (Å²) < 4.78 is 52.4. The average Bonchev–Trinajstić information content (AvgIpc) is 2.39. The number of carboxylic acids is 1. The molecule has 0 saturated heterocycles. The van der Waals surface area contributed by atoms with E-state index in [1.165, 1.54) is 6.92 Å². The zero-order valence-electron chi connectivity index (χ0n) is 10.8. The number of halogens is 4. The Morgan fingerprint density at radius 1 is 1.19 bits per heavy atom. The minimum absolute atomic E-state index is 0.0171. The van der Waals surface area contributed by atoms with Gasteiger partial charge in [0.2, 0.25) is 0 Å². The molecule has 0 spiro atoms. The molecule has 1 unspecified atom stereocenters. The van der Waals surface area contributed by atoms with Gasteiger partial charge in [-0.15, -0.1) is 0 Å². The van der Waals surface area contributed by atoms with E-state index >= 15 is 0 Å². The molecule has 1 aromatic rings. The Morgan fingerprint density at radius 3 is 2.19 bits per heavy atom. The minimum atomic E-state index is -1.73. The zero-order chi connectivity index (χ0) is 16.2. The number of urea groups is 1. The third-order valence-corrected chi connectivity index (χ3v) is 2.52. The molecule has 0 aliphatic rings. The third-order valence-electron chi connectivity index (χ3n) is 2.52. The molecule has 2 amide bonds. The van der Waals surface area contributed by atoms with Crippen molar-refractivity contribution < 1.29 is 32.3 Å². The van der Waals surface area contributed by atoms with E-state index in [1.54, 1.807) is 5.32 Å². The Kier molecular flexibility index (Phi) is 5.51. The molecule has 1 aromatic carbocycles. The van der Waals surface area contributed by atoms with Crippen molar-refractivity contribution in [3.63, 3.8) is 0 Å². The first-order chi connectivity index (χ1) is 9.72. The number of nitrogens with one attached hydrogen (secondary N) is 2. The summed E-state index contributed by atoms with van der Waals surface area (Å²) >= 11 is 0. The predicted molar refractivity (Wildman–Crippen MR) is 64.8 cm³/mol. The van der Waals surface area contributed by atoms with Gasteiger partial charge in [-0.25, -0.2) is 22.4 Å². The van der Waals surface area contributed by atoms with Gasteiger partial charge in [0.1, 0.15) is 5.69 Å². The van der Waals surface area contributed by atoms with Gasteiger partial charge in [-0.2, -0.15) is 0 Å². The number of hydrogen-bond acceptors (Lipinski definition) is 2. The summed E-state index contributed by atoms with van der Waals surface area (Å²) in [4.78, 5) is 21.8. The predicted octanol–water partition coefficient (Wildman–Crippen LogP) is 2.62. The normalized spacial score (nSPS) is 11.9. The fraction of sp³-hybridized carbons (Fsp3) is 0.333. The molecule has 3 N–H and O–H groups in total. The quantitative estimate of drug-likeness (QED) is 0.578. The summed E-state index contributed by atoms with van der Waals surface area (Å²) in [6, 6.07) is -1.72. The molecule has 5 nitrogen and oxygen atoms in total. The summed E-state index contributed by atoms with van der Waals surface area (Å²) in [5.41, 5.74) is -1.25. The second kappa shape index (κ2) is 6.91. The Morgan fingerprint density at radius 2 is 1.71 bits per heavy atom. The van der Waals surface area contributed by atoms with E-state index in [1.807, 2.05) is 0 Å². The van der Waals surface area contributed by atoms with Crippen LogP contribution in [-0.4, -0.2) is 23.1 Å². The maximum Gasteiger partial charge on any atom is 0.319 e. The lowest BCUT2D eigenvalue weighted by Gasteiger charge is -2.14. The van der Waals surface area contributed by atoms with Crippen molar-refractivity contribution in [1.29, 1.82) is 0 Å². The van der Waals surface area contributed by atoms with E-state index in [0.717, 1.165) is 0 Å². The summed E-state index contributed by atoms with van der Waals surface area (Å²) in [6.45, 7) is 1.46. The first-order valence-corrected chi connectivity index (χ1v) is 5.84. The fourth-order valence-corrected chi connectivity index (χ4v) is 1.47. The van der Waals surface area contributed by atoms with Crippen LogP contribution in [0.2, 0.25) is 0 Å². The highest BCUT2D eigenvalue weighted by atomic mass is 19.2. The maximum absolute atomic E-state index is 13.3. The van der Waals surface area contributed by atoms with E-state index in [9.17, 15) is 27.2 Å². The highest BCUT2D eigenvalue weighted by Crippen LogP contribution is 2.23. The van der Waals surface area contributed by atoms with Gasteiger partial charge in [-0.1, -0.05) is 0 Å². The van der Waals surface area contributed by atoms with Crippen molar-refractivity contribution in [1.82, 2.24) is 5.32 Å². The highest BCUT2D eigenvalue weighted by molar-refractivity contribution is 5.89. The van der Waals surface area contributed by atoms with E-state index in [-0.39, 0.29) is 18.9 Å². The number of carbonyl (C=O) groups is 2. The largest absolute Gasteiger partial charge is 0.481 e. The molecule has 9 heteroatoms. The first-order valence-electron chi connectivity index (χ1n) is 5.84. The highest BCUT2D eigenvalue weighted by Gasteiger charge is 2.21. The first kappa shape index (κ1) is 16.7. The molecule has 0 heterocycles. The van der Waals surface area contributed by atoms with Crippen molar-refractivity contribution in [2.24, 2.45) is 0 Å². The Bertz CT molecular complexity index is 540. The number of rotatable bonds is 5. The van der Waals surface area contributed by atoms with Crippen LogP contribution in [0.1, 0.15) is 19.8 Å². The van der Waals surface area contributed by atoms with Crippen LogP contribution in [0.5, 0.6) is 0 Å². The van der Waals surface area contributed by atoms with Gasteiger partial charge in [0, 0.05) is 18.5 Å². The monoisotopic (exact) mass is 308 g/mol. The van der Waals surface area contributed by atoms with Crippen LogP contribution in [0.3, 0.4) is 0 Å². The second-order valence-corrected chi connectivity index (χ2v) is 4.28. The van der Waals surface area contributed by atoms with Crippen LogP contribution in [-0.2, 0) is 4.79 Å². The van der Waals surface area contributed by atoms with Gasteiger partial charge in [0.25, 0.3) is 0 Å². The molecule has 0 fully saturated rings. The van der Waals surface area contributed by atoms with Crippen LogP contribution in [0, 0.1) is 23.3 Å². The molecule has 1 atom stereocenters. The van der Waals surface area contributed by atoms with Gasteiger partial charge in [0.15, 0.2) is 23.3 Å². The number of carboxylic acid groups (broad SMARTS) is 1. The molecule has 1 rings (SSSR count). The Hall–Kier alpha value is -2.32.